The normalized spacial score (nSPS) is 34.6. The molecule has 0 amide bonds. The molecule has 0 aromatic carbocycles. The van der Waals surface area contributed by atoms with Gasteiger partial charge in [-0.2, -0.15) is 0 Å². The van der Waals surface area contributed by atoms with E-state index in [1.54, 1.807) is 0 Å². The van der Waals surface area contributed by atoms with Crippen LogP contribution in [0.1, 0.15) is 53.9 Å². The van der Waals surface area contributed by atoms with Crippen LogP contribution in [0.3, 0.4) is 0 Å². The predicted octanol–water partition coefficient (Wildman–Crippen LogP) is 3.21. The van der Waals surface area contributed by atoms with E-state index in [0.717, 1.165) is 11.8 Å². The second-order valence-corrected chi connectivity index (χ2v) is 7.29. The maximum absolute atomic E-state index is 6.24. The van der Waals surface area contributed by atoms with Gasteiger partial charge in [0.2, 0.25) is 0 Å². The molecule has 1 N–H and O–H groups in total. The number of hydrogen-bond acceptors (Lipinski definition) is 2. The van der Waals surface area contributed by atoms with Gasteiger partial charge in [0.25, 0.3) is 0 Å². The van der Waals surface area contributed by atoms with E-state index in [9.17, 15) is 0 Å². The zero-order valence-electron chi connectivity index (χ0n) is 12.3. The van der Waals surface area contributed by atoms with Gasteiger partial charge in [-0.25, -0.2) is 0 Å². The van der Waals surface area contributed by atoms with Gasteiger partial charge in [-0.1, -0.05) is 6.92 Å². The molecular formula is C15H29NO. The van der Waals surface area contributed by atoms with Crippen LogP contribution >= 0.6 is 0 Å². The van der Waals surface area contributed by atoms with Crippen molar-refractivity contribution >= 4 is 0 Å². The van der Waals surface area contributed by atoms with Crippen LogP contribution in [-0.4, -0.2) is 24.3 Å². The monoisotopic (exact) mass is 239 g/mol. The average molecular weight is 239 g/mol. The van der Waals surface area contributed by atoms with E-state index in [2.05, 4.69) is 47.0 Å². The molecule has 3 unspecified atom stereocenters. The summed E-state index contributed by atoms with van der Waals surface area (Å²) in [6.07, 6.45) is 4.02. The van der Waals surface area contributed by atoms with Crippen LogP contribution < -0.4 is 5.32 Å². The van der Waals surface area contributed by atoms with Gasteiger partial charge in [0.05, 0.1) is 11.2 Å². The van der Waals surface area contributed by atoms with Gasteiger partial charge in [-0.15, -0.1) is 0 Å². The van der Waals surface area contributed by atoms with Crippen molar-refractivity contribution < 1.29 is 4.74 Å². The van der Waals surface area contributed by atoms with Crippen molar-refractivity contribution in [3.8, 4) is 0 Å². The molecular weight excluding hydrogens is 210 g/mol. The fraction of sp³-hybridized carbons (Fsp3) is 1.00. The van der Waals surface area contributed by atoms with E-state index in [4.69, 9.17) is 4.74 Å². The molecule has 0 radical (unpaired) electrons. The van der Waals surface area contributed by atoms with Crippen LogP contribution in [0.15, 0.2) is 0 Å². The summed E-state index contributed by atoms with van der Waals surface area (Å²) in [6.45, 7) is 11.4. The van der Waals surface area contributed by atoms with Gasteiger partial charge in [0, 0.05) is 12.0 Å². The van der Waals surface area contributed by atoms with Gasteiger partial charge in [0.1, 0.15) is 0 Å². The molecule has 2 heteroatoms. The van der Waals surface area contributed by atoms with Crippen molar-refractivity contribution in [1.29, 1.82) is 0 Å². The molecule has 0 aromatic heterocycles. The fourth-order valence-corrected chi connectivity index (χ4v) is 3.91. The first-order valence-corrected chi connectivity index (χ1v) is 7.14. The summed E-state index contributed by atoms with van der Waals surface area (Å²) in [7, 11) is 2.12. The SMILES string of the molecule is CNC(C(C)C1CC1)C1CC(C)(C)OC1(C)C. The molecule has 1 saturated carbocycles. The average Bonchev–Trinajstić information content (AvgIpc) is 2.94. The molecule has 2 fully saturated rings. The van der Waals surface area contributed by atoms with Crippen LogP contribution in [-0.2, 0) is 4.74 Å². The van der Waals surface area contributed by atoms with Gasteiger partial charge in [0.15, 0.2) is 0 Å². The second-order valence-electron chi connectivity index (χ2n) is 7.29. The highest BCUT2D eigenvalue weighted by Crippen LogP contribution is 2.48. The zero-order valence-corrected chi connectivity index (χ0v) is 12.3. The molecule has 2 aliphatic rings. The van der Waals surface area contributed by atoms with Crippen molar-refractivity contribution in [3.05, 3.63) is 0 Å². The minimum Gasteiger partial charge on any atom is -0.369 e. The standard InChI is InChI=1S/C15H29NO/c1-10(11-7-8-11)13(16-6)12-9-14(2,3)17-15(12,4)5/h10-13,16H,7-9H2,1-6H3. The maximum Gasteiger partial charge on any atom is 0.0677 e. The molecule has 2 nitrogen and oxygen atoms in total. The smallest absolute Gasteiger partial charge is 0.0677 e. The summed E-state index contributed by atoms with van der Waals surface area (Å²) in [5.74, 6) is 2.35. The Bertz CT molecular complexity index is 281. The summed E-state index contributed by atoms with van der Waals surface area (Å²) in [4.78, 5) is 0. The summed E-state index contributed by atoms with van der Waals surface area (Å²) < 4.78 is 6.24. The van der Waals surface area contributed by atoms with Gasteiger partial charge in [-0.3, -0.25) is 0 Å². The Labute approximate surface area is 107 Å². The van der Waals surface area contributed by atoms with E-state index < -0.39 is 0 Å². The third-order valence-electron chi connectivity index (χ3n) is 4.84. The first-order chi connectivity index (χ1) is 7.77. The Hall–Kier alpha value is -0.0800. The lowest BCUT2D eigenvalue weighted by molar-refractivity contribution is -0.0794. The molecule has 0 bridgehead atoms. The second kappa shape index (κ2) is 4.24. The molecule has 100 valence electrons. The molecule has 0 spiro atoms. The summed E-state index contributed by atoms with van der Waals surface area (Å²) in [5, 5.41) is 3.58. The quantitative estimate of drug-likeness (QED) is 0.813. The first kappa shape index (κ1) is 13.4. The van der Waals surface area contributed by atoms with E-state index in [0.29, 0.717) is 12.0 Å². The third kappa shape index (κ3) is 2.68. The number of hydrogen-bond donors (Lipinski definition) is 1. The summed E-state index contributed by atoms with van der Waals surface area (Å²) in [5.41, 5.74) is 0.0346. The maximum atomic E-state index is 6.24. The topological polar surface area (TPSA) is 21.3 Å². The Morgan fingerprint density at radius 2 is 1.76 bits per heavy atom. The van der Waals surface area contributed by atoms with Crippen molar-refractivity contribution in [2.75, 3.05) is 7.05 Å². The van der Waals surface area contributed by atoms with Crippen LogP contribution in [0.4, 0.5) is 0 Å². The molecule has 2 rings (SSSR count). The highest BCUT2D eigenvalue weighted by molar-refractivity contribution is 5.02. The highest BCUT2D eigenvalue weighted by atomic mass is 16.5. The van der Waals surface area contributed by atoms with Crippen LogP contribution in [0.2, 0.25) is 0 Å². The molecule has 1 heterocycles. The zero-order chi connectivity index (χ0) is 12.8. The van der Waals surface area contributed by atoms with E-state index in [1.165, 1.54) is 19.3 Å². The lowest BCUT2D eigenvalue weighted by Crippen LogP contribution is -2.47. The Kier molecular flexibility index (Phi) is 3.33. The minimum absolute atomic E-state index is 0.000324. The lowest BCUT2D eigenvalue weighted by atomic mass is 9.76. The number of rotatable bonds is 4. The van der Waals surface area contributed by atoms with Gasteiger partial charge < -0.3 is 10.1 Å². The molecule has 3 atom stereocenters. The summed E-state index contributed by atoms with van der Waals surface area (Å²) in [6, 6.07) is 0.597. The van der Waals surface area contributed by atoms with Crippen LogP contribution in [0.5, 0.6) is 0 Å². The molecule has 0 aromatic rings. The molecule has 1 aliphatic carbocycles. The molecule has 1 saturated heterocycles. The minimum atomic E-state index is 0.000324. The Balaban J connectivity index is 2.13. The third-order valence-corrected chi connectivity index (χ3v) is 4.84. The van der Waals surface area contributed by atoms with Crippen molar-refractivity contribution in [2.24, 2.45) is 17.8 Å². The number of nitrogens with one attached hydrogen (secondary N) is 1. The van der Waals surface area contributed by atoms with E-state index in [1.807, 2.05) is 0 Å². The van der Waals surface area contributed by atoms with E-state index in [-0.39, 0.29) is 11.2 Å². The lowest BCUT2D eigenvalue weighted by Gasteiger charge is -2.36. The molecule has 1 aliphatic heterocycles. The van der Waals surface area contributed by atoms with Crippen LogP contribution in [0, 0.1) is 17.8 Å². The first-order valence-electron chi connectivity index (χ1n) is 7.14. The summed E-state index contributed by atoms with van der Waals surface area (Å²) >= 11 is 0. The fourth-order valence-electron chi connectivity index (χ4n) is 3.91. The predicted molar refractivity (Wildman–Crippen MR) is 72.1 cm³/mol. The Morgan fingerprint density at radius 1 is 1.18 bits per heavy atom. The van der Waals surface area contributed by atoms with Gasteiger partial charge in [-0.05, 0) is 65.8 Å². The number of ether oxygens (including phenoxy) is 1. The Morgan fingerprint density at radius 3 is 2.12 bits per heavy atom. The van der Waals surface area contributed by atoms with Crippen LogP contribution in [0.25, 0.3) is 0 Å². The largest absolute Gasteiger partial charge is 0.369 e. The van der Waals surface area contributed by atoms with Crippen molar-refractivity contribution in [1.82, 2.24) is 5.32 Å². The van der Waals surface area contributed by atoms with Crippen molar-refractivity contribution in [2.45, 2.75) is 71.1 Å². The van der Waals surface area contributed by atoms with Gasteiger partial charge >= 0.3 is 0 Å². The van der Waals surface area contributed by atoms with E-state index >= 15 is 0 Å². The van der Waals surface area contributed by atoms with Crippen molar-refractivity contribution in [3.63, 3.8) is 0 Å². The highest BCUT2D eigenvalue weighted by Gasteiger charge is 2.51. The molecule has 17 heavy (non-hydrogen) atoms.